The Balaban J connectivity index is 2.14. The summed E-state index contributed by atoms with van der Waals surface area (Å²) in [6.45, 7) is 0. The number of hydrogen-bond acceptors (Lipinski definition) is 1. The topological polar surface area (TPSA) is 29.1 Å². The number of carbonyl (C=O) groups excluding carboxylic acids is 1. The van der Waals surface area contributed by atoms with Gasteiger partial charge in [-0.3, -0.25) is 4.79 Å². The first kappa shape index (κ1) is 17.0. The number of hydrogen-bond donors (Lipinski definition) is 1. The maximum Gasteiger partial charge on any atom is 0.256 e. The second-order valence-corrected chi connectivity index (χ2v) is 7.46. The van der Waals surface area contributed by atoms with Crippen molar-refractivity contribution in [2.75, 3.05) is 10.6 Å². The molecule has 0 spiro atoms. The number of anilines is 1. The van der Waals surface area contributed by atoms with Crippen molar-refractivity contribution in [2.24, 2.45) is 0 Å². The lowest BCUT2D eigenvalue weighted by Gasteiger charge is -2.09. The number of rotatable bonds is 5. The Morgan fingerprint density at radius 2 is 2.00 bits per heavy atom. The average Bonchev–Trinajstić information content (AvgIpc) is 2.48. The van der Waals surface area contributed by atoms with Crippen LogP contribution in [0.2, 0.25) is 0 Å². The molecule has 0 radical (unpaired) electrons. The summed E-state index contributed by atoms with van der Waals surface area (Å²) in [4.78, 5) is 12.4. The summed E-state index contributed by atoms with van der Waals surface area (Å²) in [5.74, 6) is -0.0990. The highest BCUT2D eigenvalue weighted by Crippen LogP contribution is 2.21. The number of amides is 1. The first-order chi connectivity index (χ1) is 10.1. The van der Waals surface area contributed by atoms with E-state index in [9.17, 15) is 4.79 Å². The molecule has 0 aliphatic carbocycles. The summed E-state index contributed by atoms with van der Waals surface area (Å²) in [6.07, 6.45) is 2.09. The van der Waals surface area contributed by atoms with Gasteiger partial charge in [-0.15, -0.1) is 0 Å². The van der Waals surface area contributed by atoms with Crippen LogP contribution in [0.4, 0.5) is 5.69 Å². The highest BCUT2D eigenvalue weighted by atomic mass is 127. The van der Waals surface area contributed by atoms with Gasteiger partial charge in [-0.2, -0.15) is 0 Å². The SMILES string of the molecule is O=C(Nc1cccc(CCCBr)c1)c1cc(I)ccc1Br. The third-order valence-corrected chi connectivity index (χ3v) is 4.88. The van der Waals surface area contributed by atoms with Gasteiger partial charge in [-0.05, 0) is 87.3 Å². The van der Waals surface area contributed by atoms with E-state index in [1.807, 2.05) is 36.4 Å². The van der Waals surface area contributed by atoms with Crippen LogP contribution < -0.4 is 5.32 Å². The molecule has 0 aliphatic rings. The van der Waals surface area contributed by atoms with E-state index >= 15 is 0 Å². The minimum atomic E-state index is -0.0990. The molecule has 0 aromatic heterocycles. The van der Waals surface area contributed by atoms with Crippen molar-refractivity contribution in [3.8, 4) is 0 Å². The largest absolute Gasteiger partial charge is 0.322 e. The Kier molecular flexibility index (Phi) is 6.70. The van der Waals surface area contributed by atoms with Crippen LogP contribution >= 0.6 is 54.5 Å². The molecule has 0 saturated heterocycles. The molecule has 0 bridgehead atoms. The fraction of sp³-hybridized carbons (Fsp3) is 0.188. The molecular weight excluding hydrogens is 509 g/mol. The van der Waals surface area contributed by atoms with E-state index < -0.39 is 0 Å². The molecule has 1 amide bonds. The van der Waals surface area contributed by atoms with Crippen LogP contribution in [0.15, 0.2) is 46.9 Å². The van der Waals surface area contributed by atoms with Crippen molar-refractivity contribution >= 4 is 66.0 Å². The van der Waals surface area contributed by atoms with E-state index in [1.54, 1.807) is 0 Å². The third kappa shape index (κ3) is 5.07. The van der Waals surface area contributed by atoms with Gasteiger partial charge in [0.25, 0.3) is 5.91 Å². The molecule has 110 valence electrons. The summed E-state index contributed by atoms with van der Waals surface area (Å²) in [5, 5.41) is 3.94. The van der Waals surface area contributed by atoms with Crippen LogP contribution in [0.1, 0.15) is 22.3 Å². The van der Waals surface area contributed by atoms with Gasteiger partial charge < -0.3 is 5.32 Å². The highest BCUT2D eigenvalue weighted by molar-refractivity contribution is 14.1. The number of benzene rings is 2. The summed E-state index contributed by atoms with van der Waals surface area (Å²) < 4.78 is 1.84. The van der Waals surface area contributed by atoms with E-state index in [4.69, 9.17) is 0 Å². The van der Waals surface area contributed by atoms with Crippen LogP contribution in [0.5, 0.6) is 0 Å². The van der Waals surface area contributed by atoms with E-state index in [-0.39, 0.29) is 5.91 Å². The lowest BCUT2D eigenvalue weighted by molar-refractivity contribution is 0.102. The van der Waals surface area contributed by atoms with Crippen molar-refractivity contribution in [3.63, 3.8) is 0 Å². The summed E-state index contributed by atoms with van der Waals surface area (Å²) in [5.41, 5.74) is 2.71. The van der Waals surface area contributed by atoms with Gasteiger partial charge in [0, 0.05) is 19.1 Å². The average molecular weight is 523 g/mol. The fourth-order valence-electron chi connectivity index (χ4n) is 1.95. The highest BCUT2D eigenvalue weighted by Gasteiger charge is 2.11. The summed E-state index contributed by atoms with van der Waals surface area (Å²) in [6, 6.07) is 13.7. The maximum absolute atomic E-state index is 12.4. The van der Waals surface area contributed by atoms with Crippen molar-refractivity contribution in [1.82, 2.24) is 0 Å². The second-order valence-electron chi connectivity index (χ2n) is 4.57. The van der Waals surface area contributed by atoms with Gasteiger partial charge in [0.1, 0.15) is 0 Å². The van der Waals surface area contributed by atoms with Gasteiger partial charge in [0.15, 0.2) is 0 Å². The van der Waals surface area contributed by atoms with Crippen LogP contribution in [0.3, 0.4) is 0 Å². The normalized spacial score (nSPS) is 10.4. The van der Waals surface area contributed by atoms with Crippen LogP contribution in [-0.4, -0.2) is 11.2 Å². The van der Waals surface area contributed by atoms with Crippen molar-refractivity contribution in [1.29, 1.82) is 0 Å². The van der Waals surface area contributed by atoms with Crippen molar-refractivity contribution < 1.29 is 4.79 Å². The van der Waals surface area contributed by atoms with Crippen LogP contribution in [0.25, 0.3) is 0 Å². The first-order valence-electron chi connectivity index (χ1n) is 6.51. The Hall–Kier alpha value is -0.400. The predicted octanol–water partition coefficient (Wildman–Crippen LogP) is 5.63. The van der Waals surface area contributed by atoms with Crippen molar-refractivity contribution in [3.05, 3.63) is 61.6 Å². The zero-order chi connectivity index (χ0) is 15.2. The third-order valence-electron chi connectivity index (χ3n) is 2.96. The van der Waals surface area contributed by atoms with E-state index in [0.29, 0.717) is 5.56 Å². The Morgan fingerprint density at radius 1 is 1.19 bits per heavy atom. The first-order valence-corrected chi connectivity index (χ1v) is 9.51. The molecule has 0 fully saturated rings. The van der Waals surface area contributed by atoms with Gasteiger partial charge in [-0.25, -0.2) is 0 Å². The minimum Gasteiger partial charge on any atom is -0.322 e. The molecule has 2 rings (SSSR count). The number of nitrogens with one attached hydrogen (secondary N) is 1. The zero-order valence-corrected chi connectivity index (χ0v) is 16.5. The molecule has 21 heavy (non-hydrogen) atoms. The molecule has 0 heterocycles. The molecule has 0 aliphatic heterocycles. The number of carbonyl (C=O) groups is 1. The molecule has 0 saturated carbocycles. The smallest absolute Gasteiger partial charge is 0.256 e. The number of halogens is 3. The molecule has 5 heteroatoms. The van der Waals surface area contributed by atoms with Crippen molar-refractivity contribution in [2.45, 2.75) is 12.8 Å². The van der Waals surface area contributed by atoms with E-state index in [2.05, 4.69) is 65.8 Å². The van der Waals surface area contributed by atoms with E-state index in [0.717, 1.165) is 31.9 Å². The summed E-state index contributed by atoms with van der Waals surface area (Å²) >= 11 is 9.06. The number of aryl methyl sites for hydroxylation is 1. The molecule has 0 atom stereocenters. The molecule has 1 N–H and O–H groups in total. The predicted molar refractivity (Wildman–Crippen MR) is 103 cm³/mol. The Labute approximate surface area is 155 Å². The van der Waals surface area contributed by atoms with Gasteiger partial charge in [0.05, 0.1) is 5.56 Å². The quantitative estimate of drug-likeness (QED) is 0.400. The maximum atomic E-state index is 12.4. The monoisotopic (exact) mass is 521 g/mol. The summed E-state index contributed by atoms with van der Waals surface area (Å²) in [7, 11) is 0. The lowest BCUT2D eigenvalue weighted by atomic mass is 10.1. The molecular formula is C16H14Br2INO. The van der Waals surface area contributed by atoms with E-state index in [1.165, 1.54) is 5.56 Å². The molecule has 2 aromatic carbocycles. The fourth-order valence-corrected chi connectivity index (χ4v) is 3.14. The van der Waals surface area contributed by atoms with Gasteiger partial charge in [0.2, 0.25) is 0 Å². The Bertz CT molecular complexity index is 646. The lowest BCUT2D eigenvalue weighted by Crippen LogP contribution is -2.13. The van der Waals surface area contributed by atoms with Crippen LogP contribution in [-0.2, 0) is 6.42 Å². The van der Waals surface area contributed by atoms with Crippen LogP contribution in [0, 0.1) is 3.57 Å². The zero-order valence-electron chi connectivity index (χ0n) is 11.2. The second kappa shape index (κ2) is 8.29. The molecule has 0 unspecified atom stereocenters. The minimum absolute atomic E-state index is 0.0990. The molecule has 2 nitrogen and oxygen atoms in total. The standard InChI is InChI=1S/C16H14Br2INO/c17-8-2-4-11-3-1-5-13(9-11)20-16(21)14-10-12(19)6-7-15(14)18/h1,3,5-7,9-10H,2,4,8H2,(H,20,21). The van der Waals surface area contributed by atoms with Gasteiger partial charge >= 0.3 is 0 Å². The number of alkyl halides is 1. The molecule has 2 aromatic rings. The van der Waals surface area contributed by atoms with Gasteiger partial charge in [-0.1, -0.05) is 28.1 Å². The Morgan fingerprint density at radius 3 is 2.76 bits per heavy atom.